The molecule has 3 fully saturated rings. The number of unbranched alkanes of at least 4 members (excludes halogenated alkanes) is 1. The Bertz CT molecular complexity index is 1080. The van der Waals surface area contributed by atoms with Crippen LogP contribution in [0, 0.1) is 11.8 Å². The first-order valence-electron chi connectivity index (χ1n) is 14.3. The Balaban J connectivity index is 1.38. The van der Waals surface area contributed by atoms with Crippen molar-refractivity contribution >= 4 is 22.8 Å². The Kier molecular flexibility index (Phi) is 8.15. The summed E-state index contributed by atoms with van der Waals surface area (Å²) in [4.78, 5) is 36.8. The van der Waals surface area contributed by atoms with Crippen LogP contribution in [0.4, 0.5) is 0 Å². The highest BCUT2D eigenvalue weighted by Crippen LogP contribution is 2.39. The van der Waals surface area contributed by atoms with E-state index in [0.29, 0.717) is 62.4 Å². The Morgan fingerprint density at radius 1 is 1.11 bits per heavy atom. The standard InChI is InChI=1S/C29H43N5O3/c1-20(2)19-33(24-16-21(17-30-18-24)28(35)34-22-10-11-23(34)13-12-22)29(36)27-31-25-8-4-5-9-26(25)32(27)14-6-7-15-37-3/h4-5,8-9,20-24,30H,6-7,10-19H2,1-3H3/t21-,22?,23?,24+/m1/s1. The van der Waals surface area contributed by atoms with Crippen molar-refractivity contribution in [3.05, 3.63) is 30.1 Å². The maximum Gasteiger partial charge on any atom is 0.290 e. The molecule has 202 valence electrons. The van der Waals surface area contributed by atoms with Gasteiger partial charge >= 0.3 is 0 Å². The third-order valence-corrected chi connectivity index (χ3v) is 8.47. The lowest BCUT2D eigenvalue weighted by Gasteiger charge is -2.39. The van der Waals surface area contributed by atoms with E-state index in [1.165, 1.54) is 0 Å². The van der Waals surface area contributed by atoms with Gasteiger partial charge in [0, 0.05) is 58.0 Å². The molecule has 3 saturated heterocycles. The molecular weight excluding hydrogens is 466 g/mol. The molecule has 0 radical (unpaired) electrons. The molecule has 5 rings (SSSR count). The lowest BCUT2D eigenvalue weighted by Crippen LogP contribution is -2.55. The summed E-state index contributed by atoms with van der Waals surface area (Å²) in [6.07, 6.45) is 7.17. The molecule has 4 heterocycles. The summed E-state index contributed by atoms with van der Waals surface area (Å²) < 4.78 is 7.32. The second kappa shape index (κ2) is 11.5. The van der Waals surface area contributed by atoms with Crippen molar-refractivity contribution in [2.24, 2.45) is 11.8 Å². The van der Waals surface area contributed by atoms with Crippen LogP contribution in [0.5, 0.6) is 0 Å². The predicted octanol–water partition coefficient (Wildman–Crippen LogP) is 3.69. The van der Waals surface area contributed by atoms with Gasteiger partial charge < -0.3 is 24.4 Å². The number of rotatable bonds is 10. The van der Waals surface area contributed by atoms with Crippen LogP contribution in [0.1, 0.15) is 69.4 Å². The number of imidazole rings is 1. The quantitative estimate of drug-likeness (QED) is 0.494. The first-order valence-corrected chi connectivity index (χ1v) is 14.3. The summed E-state index contributed by atoms with van der Waals surface area (Å²) in [5.41, 5.74) is 1.84. The number of hydrogen-bond acceptors (Lipinski definition) is 5. The van der Waals surface area contributed by atoms with Gasteiger partial charge in [-0.05, 0) is 63.0 Å². The molecule has 2 aromatic rings. The lowest BCUT2D eigenvalue weighted by atomic mass is 9.92. The van der Waals surface area contributed by atoms with Gasteiger partial charge in [-0.2, -0.15) is 0 Å². The highest BCUT2D eigenvalue weighted by molar-refractivity contribution is 5.95. The number of hydrogen-bond donors (Lipinski definition) is 1. The summed E-state index contributed by atoms with van der Waals surface area (Å²) in [6.45, 7) is 7.78. The number of carbonyl (C=O) groups excluding carboxylic acids is 2. The molecule has 0 saturated carbocycles. The number of methoxy groups -OCH3 is 1. The summed E-state index contributed by atoms with van der Waals surface area (Å²) in [5.74, 6) is 1.01. The second-order valence-corrected chi connectivity index (χ2v) is 11.6. The van der Waals surface area contributed by atoms with E-state index in [-0.39, 0.29) is 17.9 Å². The molecule has 37 heavy (non-hydrogen) atoms. The fourth-order valence-electron chi connectivity index (χ4n) is 6.73. The van der Waals surface area contributed by atoms with Crippen LogP contribution in [0.15, 0.2) is 24.3 Å². The fourth-order valence-corrected chi connectivity index (χ4v) is 6.73. The normalized spacial score (nSPS) is 25.4. The third kappa shape index (κ3) is 5.41. The van der Waals surface area contributed by atoms with Crippen LogP contribution in [0.3, 0.4) is 0 Å². The van der Waals surface area contributed by atoms with Crippen LogP contribution in [0.25, 0.3) is 11.0 Å². The van der Waals surface area contributed by atoms with E-state index in [0.717, 1.165) is 56.1 Å². The number of fused-ring (bicyclic) bond motifs is 3. The van der Waals surface area contributed by atoms with Gasteiger partial charge in [-0.1, -0.05) is 26.0 Å². The van der Waals surface area contributed by atoms with E-state index < -0.39 is 0 Å². The lowest BCUT2D eigenvalue weighted by molar-refractivity contribution is -0.138. The Labute approximate surface area is 220 Å². The van der Waals surface area contributed by atoms with E-state index in [9.17, 15) is 9.59 Å². The van der Waals surface area contributed by atoms with E-state index in [2.05, 4.69) is 28.6 Å². The zero-order valence-corrected chi connectivity index (χ0v) is 22.7. The van der Waals surface area contributed by atoms with Crippen molar-refractivity contribution in [3.8, 4) is 0 Å². The van der Waals surface area contributed by atoms with Gasteiger partial charge in [0.25, 0.3) is 5.91 Å². The highest BCUT2D eigenvalue weighted by atomic mass is 16.5. The minimum Gasteiger partial charge on any atom is -0.385 e. The van der Waals surface area contributed by atoms with Gasteiger partial charge in [0.1, 0.15) is 0 Å². The Morgan fingerprint density at radius 2 is 1.84 bits per heavy atom. The van der Waals surface area contributed by atoms with Crippen molar-refractivity contribution in [1.29, 1.82) is 0 Å². The van der Waals surface area contributed by atoms with E-state index in [4.69, 9.17) is 9.72 Å². The van der Waals surface area contributed by atoms with Crippen LogP contribution >= 0.6 is 0 Å². The molecule has 0 aliphatic carbocycles. The number of piperidine rings is 1. The van der Waals surface area contributed by atoms with Gasteiger partial charge in [-0.15, -0.1) is 0 Å². The molecule has 8 nitrogen and oxygen atoms in total. The van der Waals surface area contributed by atoms with Crippen LogP contribution in [0.2, 0.25) is 0 Å². The molecule has 2 atom stereocenters. The summed E-state index contributed by atoms with van der Waals surface area (Å²) in [5, 5.41) is 3.51. The molecule has 1 aromatic carbocycles. The maximum absolute atomic E-state index is 14.2. The molecular formula is C29H43N5O3. The molecule has 1 aromatic heterocycles. The molecule has 3 aliphatic rings. The molecule has 0 spiro atoms. The molecule has 2 amide bonds. The molecule has 8 heteroatoms. The third-order valence-electron chi connectivity index (χ3n) is 8.47. The van der Waals surface area contributed by atoms with Gasteiger partial charge in [0.05, 0.1) is 17.0 Å². The zero-order chi connectivity index (χ0) is 25.9. The van der Waals surface area contributed by atoms with Gasteiger partial charge in [0.2, 0.25) is 5.91 Å². The second-order valence-electron chi connectivity index (χ2n) is 11.6. The minimum atomic E-state index is -0.0738. The number of para-hydroxylation sites is 2. The van der Waals surface area contributed by atoms with Crippen molar-refractivity contribution < 1.29 is 14.3 Å². The monoisotopic (exact) mass is 509 g/mol. The molecule has 0 unspecified atom stereocenters. The van der Waals surface area contributed by atoms with Crippen LogP contribution in [-0.2, 0) is 16.1 Å². The number of aromatic nitrogens is 2. The van der Waals surface area contributed by atoms with E-state index >= 15 is 0 Å². The van der Waals surface area contributed by atoms with E-state index in [1.54, 1.807) is 7.11 Å². The van der Waals surface area contributed by atoms with Crippen molar-refractivity contribution in [3.63, 3.8) is 0 Å². The average molecular weight is 510 g/mol. The topological polar surface area (TPSA) is 79.7 Å². The van der Waals surface area contributed by atoms with Crippen molar-refractivity contribution in [2.45, 2.75) is 83.5 Å². The average Bonchev–Trinajstić information content (AvgIpc) is 3.62. The largest absolute Gasteiger partial charge is 0.385 e. The first-order chi connectivity index (χ1) is 18.0. The summed E-state index contributed by atoms with van der Waals surface area (Å²) in [7, 11) is 1.72. The smallest absolute Gasteiger partial charge is 0.290 e. The SMILES string of the molecule is COCCCCn1c(C(=O)N(CC(C)C)[C@@H]2CNC[C@H](C(=O)N3C4CCC3CC4)C2)nc2ccccc21. The first kappa shape index (κ1) is 26.2. The van der Waals surface area contributed by atoms with Crippen molar-refractivity contribution in [1.82, 2.24) is 24.7 Å². The number of ether oxygens (including phenoxy) is 1. The predicted molar refractivity (Wildman–Crippen MR) is 144 cm³/mol. The number of nitrogens with one attached hydrogen (secondary N) is 1. The number of nitrogens with zero attached hydrogens (tertiary/aromatic N) is 4. The van der Waals surface area contributed by atoms with Crippen molar-refractivity contribution in [2.75, 3.05) is 33.4 Å². The Hall–Kier alpha value is -2.45. The zero-order valence-electron chi connectivity index (χ0n) is 22.7. The number of carbonyl (C=O) groups is 2. The van der Waals surface area contributed by atoms with E-state index in [1.807, 2.05) is 29.2 Å². The molecule has 2 bridgehead atoms. The van der Waals surface area contributed by atoms with Gasteiger partial charge in [0.15, 0.2) is 5.82 Å². The summed E-state index contributed by atoms with van der Waals surface area (Å²) >= 11 is 0. The Morgan fingerprint density at radius 3 is 2.54 bits per heavy atom. The van der Waals surface area contributed by atoms with Gasteiger partial charge in [-0.3, -0.25) is 9.59 Å². The maximum atomic E-state index is 14.2. The number of aryl methyl sites for hydroxylation is 1. The molecule has 1 N–H and O–H groups in total. The molecule has 3 aliphatic heterocycles. The summed E-state index contributed by atoms with van der Waals surface area (Å²) in [6, 6.07) is 8.84. The minimum absolute atomic E-state index is 0.0281. The van der Waals surface area contributed by atoms with Crippen LogP contribution < -0.4 is 5.32 Å². The number of benzene rings is 1. The fraction of sp³-hybridized carbons (Fsp3) is 0.690. The van der Waals surface area contributed by atoms with Gasteiger partial charge in [-0.25, -0.2) is 4.98 Å². The highest BCUT2D eigenvalue weighted by Gasteiger charge is 2.45. The van der Waals surface area contributed by atoms with Crippen LogP contribution in [-0.4, -0.2) is 82.6 Å². The number of amides is 2.